The molecule has 0 radical (unpaired) electrons. The highest BCUT2D eigenvalue weighted by molar-refractivity contribution is 14.1. The lowest BCUT2D eigenvalue weighted by molar-refractivity contribution is 0.0516. The molecule has 0 atom stereocenters. The van der Waals surface area contributed by atoms with E-state index in [9.17, 15) is 4.79 Å². The summed E-state index contributed by atoms with van der Waals surface area (Å²) < 4.78 is 9.06. The molecule has 0 aliphatic rings. The number of esters is 1. The van der Waals surface area contributed by atoms with Gasteiger partial charge in [0.25, 0.3) is 0 Å². The van der Waals surface area contributed by atoms with Crippen LogP contribution in [0.25, 0.3) is 22.3 Å². The number of hydrogen-bond acceptors (Lipinski definition) is 2. The second-order valence-electron chi connectivity index (χ2n) is 5.69. The molecule has 0 aliphatic carbocycles. The minimum absolute atomic E-state index is 0.323. The Labute approximate surface area is 179 Å². The lowest BCUT2D eigenvalue weighted by Crippen LogP contribution is -2.11. The molecule has 0 aliphatic heterocycles. The van der Waals surface area contributed by atoms with Crippen molar-refractivity contribution < 1.29 is 9.53 Å². The fourth-order valence-electron chi connectivity index (χ4n) is 2.90. The van der Waals surface area contributed by atoms with Crippen molar-refractivity contribution in [1.82, 2.24) is 4.57 Å². The lowest BCUT2D eigenvalue weighted by atomic mass is 9.97. The van der Waals surface area contributed by atoms with Crippen molar-refractivity contribution in [1.29, 1.82) is 0 Å². The molecular formula is C20H16BrClINO2. The number of hydrogen-bond donors (Lipinski definition) is 0. The zero-order chi connectivity index (χ0) is 18.8. The van der Waals surface area contributed by atoms with E-state index in [1.165, 1.54) is 0 Å². The van der Waals surface area contributed by atoms with E-state index in [2.05, 4.69) is 44.6 Å². The second-order valence-corrected chi connectivity index (χ2v) is 8.12. The third kappa shape index (κ3) is 3.70. The van der Waals surface area contributed by atoms with Crippen LogP contribution in [0.4, 0.5) is 0 Å². The van der Waals surface area contributed by atoms with Gasteiger partial charge in [0.05, 0.1) is 11.2 Å². The number of aromatic nitrogens is 1. The van der Waals surface area contributed by atoms with Crippen molar-refractivity contribution in [2.75, 3.05) is 6.61 Å². The predicted molar refractivity (Wildman–Crippen MR) is 118 cm³/mol. The van der Waals surface area contributed by atoms with Crippen LogP contribution in [0.2, 0.25) is 5.02 Å². The Morgan fingerprint density at radius 1 is 1.15 bits per heavy atom. The molecule has 3 aromatic rings. The van der Waals surface area contributed by atoms with Crippen LogP contribution >= 0.6 is 50.1 Å². The van der Waals surface area contributed by atoms with Crippen LogP contribution in [0.1, 0.15) is 17.4 Å². The van der Waals surface area contributed by atoms with Crippen LogP contribution in [0.15, 0.2) is 53.1 Å². The van der Waals surface area contributed by atoms with Gasteiger partial charge in [-0.1, -0.05) is 35.9 Å². The average Bonchev–Trinajstić information content (AvgIpc) is 2.88. The van der Waals surface area contributed by atoms with Gasteiger partial charge in [-0.15, -0.1) is 0 Å². The molecule has 0 unspecified atom stereocenters. The summed E-state index contributed by atoms with van der Waals surface area (Å²) >= 11 is 12.0. The molecule has 0 amide bonds. The molecule has 0 bridgehead atoms. The molecule has 0 saturated carbocycles. The third-order valence-electron chi connectivity index (χ3n) is 4.04. The number of rotatable bonds is 4. The first-order chi connectivity index (χ1) is 12.4. The Bertz CT molecular complexity index is 967. The summed E-state index contributed by atoms with van der Waals surface area (Å²) in [5.74, 6) is -0.343. The summed E-state index contributed by atoms with van der Waals surface area (Å²) in [4.78, 5) is 12.7. The highest BCUT2D eigenvalue weighted by Gasteiger charge is 2.27. The highest BCUT2D eigenvalue weighted by atomic mass is 127. The molecule has 2 aromatic carbocycles. The smallest absolute Gasteiger partial charge is 0.355 e. The van der Waals surface area contributed by atoms with E-state index >= 15 is 0 Å². The summed E-state index contributed by atoms with van der Waals surface area (Å²) in [6, 6.07) is 15.7. The van der Waals surface area contributed by atoms with Crippen molar-refractivity contribution in [3.05, 3.63) is 67.4 Å². The predicted octanol–water partition coefficient (Wildman–Crippen LogP) is 6.56. The van der Waals surface area contributed by atoms with Gasteiger partial charge in [0.15, 0.2) is 0 Å². The van der Waals surface area contributed by atoms with Gasteiger partial charge in [-0.3, -0.25) is 0 Å². The van der Waals surface area contributed by atoms with Gasteiger partial charge in [-0.05, 0) is 80.8 Å². The van der Waals surface area contributed by atoms with E-state index < -0.39 is 0 Å². The normalized spacial score (nSPS) is 10.8. The lowest BCUT2D eigenvalue weighted by Gasteiger charge is -2.09. The average molecular weight is 545 g/mol. The van der Waals surface area contributed by atoms with E-state index in [1.54, 1.807) is 6.92 Å². The van der Waals surface area contributed by atoms with Crippen LogP contribution in [-0.4, -0.2) is 17.1 Å². The maximum atomic E-state index is 12.7. The molecule has 134 valence electrons. The first-order valence-corrected chi connectivity index (χ1v) is 10.3. The molecule has 1 heterocycles. The minimum Gasteiger partial charge on any atom is -0.461 e. The fraction of sp³-hybridized carbons (Fsp3) is 0.150. The van der Waals surface area contributed by atoms with Gasteiger partial charge in [-0.25, -0.2) is 4.79 Å². The number of carbonyl (C=O) groups is 1. The first-order valence-electron chi connectivity index (χ1n) is 8.01. The van der Waals surface area contributed by atoms with Gasteiger partial charge < -0.3 is 9.30 Å². The van der Waals surface area contributed by atoms with Crippen LogP contribution in [0, 0.1) is 3.57 Å². The summed E-state index contributed by atoms with van der Waals surface area (Å²) in [6.45, 7) is 2.13. The molecule has 26 heavy (non-hydrogen) atoms. The number of carbonyl (C=O) groups excluding carboxylic acids is 1. The molecular weight excluding hydrogens is 528 g/mol. The van der Waals surface area contributed by atoms with Gasteiger partial charge in [0, 0.05) is 26.8 Å². The Hall–Kier alpha value is -1.31. The van der Waals surface area contributed by atoms with Crippen LogP contribution < -0.4 is 0 Å². The molecule has 0 spiro atoms. The molecule has 0 saturated heterocycles. The molecule has 3 rings (SSSR count). The van der Waals surface area contributed by atoms with Crippen molar-refractivity contribution in [2.45, 2.75) is 6.92 Å². The number of ether oxygens (including phenoxy) is 1. The van der Waals surface area contributed by atoms with Gasteiger partial charge >= 0.3 is 5.97 Å². The standard InChI is InChI=1S/C20H16BrClINO2/c1-3-26-20(25)18-16(13-5-4-6-15(23)11-13)17(19(21)24(18)2)12-7-9-14(22)10-8-12/h4-11H,3H2,1-2H3. The quantitative estimate of drug-likeness (QED) is 0.275. The van der Waals surface area contributed by atoms with E-state index in [0.29, 0.717) is 17.3 Å². The minimum atomic E-state index is -0.343. The third-order valence-corrected chi connectivity index (χ3v) is 5.89. The first kappa shape index (κ1) is 19.5. The van der Waals surface area contributed by atoms with Gasteiger partial charge in [0.1, 0.15) is 5.69 Å². The fourth-order valence-corrected chi connectivity index (χ4v) is 4.17. The number of nitrogens with zero attached hydrogens (tertiary/aromatic N) is 1. The highest BCUT2D eigenvalue weighted by Crippen LogP contribution is 2.43. The van der Waals surface area contributed by atoms with Crippen molar-refractivity contribution in [3.8, 4) is 22.3 Å². The zero-order valence-corrected chi connectivity index (χ0v) is 18.7. The maximum absolute atomic E-state index is 12.7. The van der Waals surface area contributed by atoms with Crippen molar-refractivity contribution >= 4 is 56.1 Å². The molecule has 0 fully saturated rings. The Morgan fingerprint density at radius 3 is 2.46 bits per heavy atom. The van der Waals surface area contributed by atoms with Crippen LogP contribution in [0.5, 0.6) is 0 Å². The summed E-state index contributed by atoms with van der Waals surface area (Å²) in [7, 11) is 1.85. The zero-order valence-electron chi connectivity index (χ0n) is 14.2. The Balaban J connectivity index is 2.34. The second kappa shape index (κ2) is 8.15. The van der Waals surface area contributed by atoms with E-state index in [-0.39, 0.29) is 5.97 Å². The van der Waals surface area contributed by atoms with Crippen molar-refractivity contribution in [2.24, 2.45) is 7.05 Å². The van der Waals surface area contributed by atoms with E-state index in [0.717, 1.165) is 30.4 Å². The van der Waals surface area contributed by atoms with E-state index in [4.69, 9.17) is 16.3 Å². The summed E-state index contributed by atoms with van der Waals surface area (Å²) in [6.07, 6.45) is 0. The number of halogens is 3. The van der Waals surface area contributed by atoms with Gasteiger partial charge in [0.2, 0.25) is 0 Å². The topological polar surface area (TPSA) is 31.2 Å². The summed E-state index contributed by atoms with van der Waals surface area (Å²) in [5.41, 5.74) is 4.24. The maximum Gasteiger partial charge on any atom is 0.355 e. The molecule has 3 nitrogen and oxygen atoms in total. The Morgan fingerprint density at radius 2 is 1.85 bits per heavy atom. The van der Waals surface area contributed by atoms with Crippen LogP contribution in [0.3, 0.4) is 0 Å². The van der Waals surface area contributed by atoms with Gasteiger partial charge in [-0.2, -0.15) is 0 Å². The van der Waals surface area contributed by atoms with E-state index in [1.807, 2.05) is 54.1 Å². The largest absolute Gasteiger partial charge is 0.461 e. The SMILES string of the molecule is CCOC(=O)c1c(-c2cccc(I)c2)c(-c2ccc(Cl)cc2)c(Br)n1C. The molecule has 0 N–H and O–H groups in total. The van der Waals surface area contributed by atoms with Crippen LogP contribution in [-0.2, 0) is 11.8 Å². The molecule has 6 heteroatoms. The number of benzene rings is 2. The monoisotopic (exact) mass is 543 g/mol. The summed E-state index contributed by atoms with van der Waals surface area (Å²) in [5, 5.41) is 0.669. The Kier molecular flexibility index (Phi) is 6.10. The molecule has 1 aromatic heterocycles. The van der Waals surface area contributed by atoms with Crippen molar-refractivity contribution in [3.63, 3.8) is 0 Å².